The van der Waals surface area contributed by atoms with Crippen molar-refractivity contribution in [3.05, 3.63) is 106 Å². The molecule has 0 saturated carbocycles. The van der Waals surface area contributed by atoms with Gasteiger partial charge in [-0.1, -0.05) is 41.9 Å². The Kier molecular flexibility index (Phi) is 7.06. The van der Waals surface area contributed by atoms with Gasteiger partial charge in [-0.2, -0.15) is 0 Å². The van der Waals surface area contributed by atoms with Crippen LogP contribution in [0.4, 0.5) is 10.1 Å². The van der Waals surface area contributed by atoms with E-state index in [1.807, 2.05) is 0 Å². The summed E-state index contributed by atoms with van der Waals surface area (Å²) in [6, 6.07) is 19.1. The first-order valence-electron chi connectivity index (χ1n) is 8.87. The van der Waals surface area contributed by atoms with E-state index in [0.717, 1.165) is 5.56 Å². The summed E-state index contributed by atoms with van der Waals surface area (Å²) in [7, 11) is 0. The first-order valence-corrected chi connectivity index (χ1v) is 9.66. The molecular weight excluding hydrogens is 423 g/mol. The summed E-state index contributed by atoms with van der Waals surface area (Å²) >= 11 is 11.2. The monoisotopic (exact) mass is 438 g/mol. The molecule has 2 N–H and O–H groups in total. The van der Waals surface area contributed by atoms with Gasteiger partial charge in [0.25, 0.3) is 5.91 Å². The Morgan fingerprint density at radius 2 is 1.60 bits per heavy atom. The van der Waals surface area contributed by atoms with Gasteiger partial charge in [-0.25, -0.2) is 4.39 Å². The van der Waals surface area contributed by atoms with Gasteiger partial charge in [0.05, 0.1) is 10.6 Å². The average molecular weight is 439 g/mol. The fourth-order valence-corrected chi connectivity index (χ4v) is 2.97. The number of carbonyl (C=O) groups excluding carboxylic acids is 2. The number of nitrogens with one attached hydrogen (secondary N) is 2. The van der Waals surface area contributed by atoms with Crippen LogP contribution in [-0.2, 0) is 0 Å². The summed E-state index contributed by atoms with van der Waals surface area (Å²) in [6.07, 6.45) is 3.04. The molecule has 0 aromatic heterocycles. The lowest BCUT2D eigenvalue weighted by Crippen LogP contribution is -2.34. The van der Waals surface area contributed by atoms with Crippen molar-refractivity contribution < 1.29 is 14.0 Å². The maximum atomic E-state index is 12.9. The number of carbonyl (C=O) groups is 2. The molecule has 0 aliphatic rings. The Morgan fingerprint density at radius 3 is 2.27 bits per heavy atom. The van der Waals surface area contributed by atoms with Crippen LogP contribution in [0.5, 0.6) is 0 Å². The molecule has 4 nitrogen and oxygen atoms in total. The molecule has 0 spiro atoms. The second kappa shape index (κ2) is 9.91. The Hall–Kier alpha value is -3.35. The molecule has 0 aliphatic carbocycles. The van der Waals surface area contributed by atoms with E-state index in [2.05, 4.69) is 10.6 Å². The van der Waals surface area contributed by atoms with Gasteiger partial charge in [0.1, 0.15) is 5.82 Å². The number of benzene rings is 3. The number of amides is 1. The van der Waals surface area contributed by atoms with Crippen LogP contribution in [0.3, 0.4) is 0 Å². The standard InChI is InChI=1S/C23H16ClFN2O2S/c24-20-4-2-1-3-19(20)22(29)27-23(30)26-18-12-8-16(9-13-18)21(28)14-7-15-5-10-17(25)11-6-15/h1-14H,(H2,26,27,29,30)/b14-7+. The molecule has 0 fully saturated rings. The van der Waals surface area contributed by atoms with Crippen molar-refractivity contribution in [2.45, 2.75) is 0 Å². The van der Waals surface area contributed by atoms with Crippen LogP contribution in [0, 0.1) is 5.82 Å². The summed E-state index contributed by atoms with van der Waals surface area (Å²) in [5.74, 6) is -0.946. The van der Waals surface area contributed by atoms with E-state index in [9.17, 15) is 14.0 Å². The highest BCUT2D eigenvalue weighted by molar-refractivity contribution is 7.80. The van der Waals surface area contributed by atoms with Crippen LogP contribution in [0.2, 0.25) is 5.02 Å². The van der Waals surface area contributed by atoms with Crippen molar-refractivity contribution in [1.82, 2.24) is 5.32 Å². The Labute approximate surface area is 183 Å². The Balaban J connectivity index is 1.58. The minimum atomic E-state index is -0.421. The molecule has 150 valence electrons. The second-order valence-electron chi connectivity index (χ2n) is 6.21. The van der Waals surface area contributed by atoms with Crippen LogP contribution in [-0.4, -0.2) is 16.8 Å². The normalized spacial score (nSPS) is 10.6. The SMILES string of the molecule is O=C(/C=C/c1ccc(F)cc1)c1ccc(NC(=S)NC(=O)c2ccccc2Cl)cc1. The molecule has 0 atom stereocenters. The molecule has 1 amide bonds. The molecule has 3 aromatic carbocycles. The molecule has 3 aromatic rings. The lowest BCUT2D eigenvalue weighted by atomic mass is 10.1. The summed E-state index contributed by atoms with van der Waals surface area (Å²) in [4.78, 5) is 24.5. The number of rotatable bonds is 5. The summed E-state index contributed by atoms with van der Waals surface area (Å²) in [5.41, 5.74) is 2.13. The number of thiocarbonyl (C=S) groups is 1. The third-order valence-corrected chi connectivity index (χ3v) is 4.60. The molecule has 0 heterocycles. The first-order chi connectivity index (χ1) is 14.4. The molecule has 0 saturated heterocycles. The average Bonchev–Trinajstić information content (AvgIpc) is 2.74. The first kappa shape index (κ1) is 21.4. The van der Waals surface area contributed by atoms with Gasteiger partial charge in [-0.05, 0) is 72.4 Å². The van der Waals surface area contributed by atoms with Gasteiger partial charge in [-0.15, -0.1) is 0 Å². The Morgan fingerprint density at radius 1 is 0.933 bits per heavy atom. The van der Waals surface area contributed by atoms with Crippen LogP contribution < -0.4 is 10.6 Å². The van der Waals surface area contributed by atoms with Crippen molar-refractivity contribution in [2.75, 3.05) is 5.32 Å². The number of ketones is 1. The molecule has 0 bridgehead atoms. The van der Waals surface area contributed by atoms with E-state index >= 15 is 0 Å². The number of hydrogen-bond donors (Lipinski definition) is 2. The van der Waals surface area contributed by atoms with Crippen LogP contribution >= 0.6 is 23.8 Å². The summed E-state index contributed by atoms with van der Waals surface area (Å²) < 4.78 is 12.9. The second-order valence-corrected chi connectivity index (χ2v) is 7.03. The quantitative estimate of drug-likeness (QED) is 0.313. The largest absolute Gasteiger partial charge is 0.332 e. The van der Waals surface area contributed by atoms with Crippen molar-refractivity contribution in [1.29, 1.82) is 0 Å². The number of halogens is 2. The topological polar surface area (TPSA) is 58.2 Å². The third kappa shape index (κ3) is 5.83. The Bertz CT molecular complexity index is 1110. The van der Waals surface area contributed by atoms with Gasteiger partial charge in [0.15, 0.2) is 10.9 Å². The van der Waals surface area contributed by atoms with Crippen molar-refractivity contribution >= 4 is 52.4 Å². The summed E-state index contributed by atoms with van der Waals surface area (Å²) in [6.45, 7) is 0. The lowest BCUT2D eigenvalue weighted by molar-refractivity contribution is 0.0977. The molecule has 3 rings (SSSR count). The third-order valence-electron chi connectivity index (χ3n) is 4.07. The van der Waals surface area contributed by atoms with Gasteiger partial charge in [-0.3, -0.25) is 14.9 Å². The molecular formula is C23H16ClFN2O2S. The zero-order valence-electron chi connectivity index (χ0n) is 15.6. The van der Waals surface area contributed by atoms with E-state index in [0.29, 0.717) is 21.8 Å². The highest BCUT2D eigenvalue weighted by Gasteiger charge is 2.11. The fourth-order valence-electron chi connectivity index (χ4n) is 2.54. The lowest BCUT2D eigenvalue weighted by Gasteiger charge is -2.10. The van der Waals surface area contributed by atoms with Crippen LogP contribution in [0.25, 0.3) is 6.08 Å². The number of hydrogen-bond acceptors (Lipinski definition) is 3. The van der Waals surface area contributed by atoms with Crippen LogP contribution in [0.15, 0.2) is 78.9 Å². The zero-order valence-corrected chi connectivity index (χ0v) is 17.1. The smallest absolute Gasteiger partial charge is 0.258 e. The maximum Gasteiger partial charge on any atom is 0.258 e. The van der Waals surface area contributed by atoms with E-state index in [4.69, 9.17) is 23.8 Å². The van der Waals surface area contributed by atoms with Gasteiger partial charge in [0.2, 0.25) is 0 Å². The highest BCUT2D eigenvalue weighted by atomic mass is 35.5. The molecule has 30 heavy (non-hydrogen) atoms. The van der Waals surface area contributed by atoms with Gasteiger partial charge >= 0.3 is 0 Å². The molecule has 0 unspecified atom stereocenters. The predicted molar refractivity (Wildman–Crippen MR) is 121 cm³/mol. The fraction of sp³-hybridized carbons (Fsp3) is 0. The van der Waals surface area contributed by atoms with Crippen molar-refractivity contribution in [3.63, 3.8) is 0 Å². The van der Waals surface area contributed by atoms with Gasteiger partial charge < -0.3 is 5.32 Å². The predicted octanol–water partition coefficient (Wildman–Crippen LogP) is 5.50. The maximum absolute atomic E-state index is 12.9. The number of allylic oxidation sites excluding steroid dienone is 1. The van der Waals surface area contributed by atoms with E-state index < -0.39 is 5.91 Å². The highest BCUT2D eigenvalue weighted by Crippen LogP contribution is 2.15. The van der Waals surface area contributed by atoms with E-state index in [1.54, 1.807) is 66.7 Å². The molecule has 0 aliphatic heterocycles. The van der Waals surface area contributed by atoms with Crippen LogP contribution in [0.1, 0.15) is 26.3 Å². The van der Waals surface area contributed by atoms with E-state index in [1.165, 1.54) is 18.2 Å². The molecule has 7 heteroatoms. The minimum Gasteiger partial charge on any atom is -0.332 e. The van der Waals surface area contributed by atoms with E-state index in [-0.39, 0.29) is 16.7 Å². The van der Waals surface area contributed by atoms with Crippen molar-refractivity contribution in [3.8, 4) is 0 Å². The van der Waals surface area contributed by atoms with Gasteiger partial charge in [0, 0.05) is 11.3 Å². The zero-order chi connectivity index (χ0) is 21.5. The number of anilines is 1. The molecule has 0 radical (unpaired) electrons. The minimum absolute atomic E-state index is 0.107. The van der Waals surface area contributed by atoms with Crippen molar-refractivity contribution in [2.24, 2.45) is 0 Å². The summed E-state index contributed by atoms with van der Waals surface area (Å²) in [5, 5.41) is 5.88.